The van der Waals surface area contributed by atoms with Gasteiger partial charge >= 0.3 is 0 Å². The van der Waals surface area contributed by atoms with Gasteiger partial charge < -0.3 is 0 Å². The second-order valence-electron chi connectivity index (χ2n) is 5.49. The van der Waals surface area contributed by atoms with E-state index in [4.69, 9.17) is 0 Å². The number of allylic oxidation sites excluding steroid dienone is 4. The topological polar surface area (TPSA) is 0 Å². The molecule has 0 amide bonds. The molecule has 0 fully saturated rings. The maximum absolute atomic E-state index is 2.44. The van der Waals surface area contributed by atoms with Gasteiger partial charge in [0.1, 0.15) is 0 Å². The van der Waals surface area contributed by atoms with Crippen molar-refractivity contribution in [3.05, 3.63) is 75.5 Å². The van der Waals surface area contributed by atoms with Crippen LogP contribution in [0.2, 0.25) is 0 Å². The molecule has 4 rings (SSSR count). The summed E-state index contributed by atoms with van der Waals surface area (Å²) in [4.78, 5) is 0. The summed E-state index contributed by atoms with van der Waals surface area (Å²) in [6.45, 7) is 2.33. The third-order valence-corrected chi connectivity index (χ3v) is 4.95. The molecule has 1 heterocycles. The van der Waals surface area contributed by atoms with Crippen molar-refractivity contribution >= 4 is 16.9 Å². The smallest absolute Gasteiger partial charge is 0.0107 e. The fraction of sp³-hybridized carbons (Fsp3) is 0.222. The van der Waals surface area contributed by atoms with Crippen LogP contribution in [0.15, 0.2) is 64.4 Å². The Morgan fingerprint density at radius 1 is 1.11 bits per heavy atom. The first kappa shape index (κ1) is 11.2. The molecule has 0 nitrogen and oxygen atoms in total. The first-order valence-electron chi connectivity index (χ1n) is 6.87. The lowest BCUT2D eigenvalue weighted by Gasteiger charge is -2.11. The molecule has 0 bridgehead atoms. The first-order chi connectivity index (χ1) is 9.34. The average molecular weight is 264 g/mol. The van der Waals surface area contributed by atoms with Crippen molar-refractivity contribution in [2.24, 2.45) is 11.8 Å². The number of rotatable bonds is 3. The fourth-order valence-electron chi connectivity index (χ4n) is 3.35. The van der Waals surface area contributed by atoms with Gasteiger partial charge in [0.2, 0.25) is 0 Å². The third-order valence-electron chi connectivity index (χ3n) is 4.26. The van der Waals surface area contributed by atoms with Gasteiger partial charge in [0.15, 0.2) is 0 Å². The molecule has 0 spiro atoms. The Labute approximate surface area is 118 Å². The van der Waals surface area contributed by atoms with Crippen molar-refractivity contribution in [2.45, 2.75) is 13.3 Å². The molecule has 0 N–H and O–H groups in total. The molecular formula is C18H16S. The molecule has 2 aromatic rings. The van der Waals surface area contributed by atoms with Crippen molar-refractivity contribution in [3.63, 3.8) is 0 Å². The van der Waals surface area contributed by atoms with Crippen LogP contribution in [0.1, 0.15) is 18.1 Å². The van der Waals surface area contributed by atoms with Crippen LogP contribution in [0.5, 0.6) is 0 Å². The molecule has 2 atom stereocenters. The summed E-state index contributed by atoms with van der Waals surface area (Å²) >= 11 is 1.79. The van der Waals surface area contributed by atoms with Gasteiger partial charge in [0.25, 0.3) is 0 Å². The highest BCUT2D eigenvalue weighted by Crippen LogP contribution is 2.58. The standard InChI is InChI=1S/C18H16S/c1-12-9-15(14-7-8-19-11-14)18-16(17(12)18)10-13-5-3-2-4-6-13/h2-9,11-12,16H,10H2,1H3. The Bertz CT molecular complexity index is 659. The number of benzene rings is 1. The Morgan fingerprint density at radius 3 is 2.68 bits per heavy atom. The maximum atomic E-state index is 2.44. The number of thiophene rings is 1. The second kappa shape index (κ2) is 4.21. The van der Waals surface area contributed by atoms with Gasteiger partial charge in [-0.05, 0) is 51.4 Å². The molecule has 0 radical (unpaired) electrons. The quantitative estimate of drug-likeness (QED) is 0.735. The molecular weight excluding hydrogens is 248 g/mol. The van der Waals surface area contributed by atoms with Crippen LogP contribution in [0.25, 0.3) is 5.57 Å². The molecule has 19 heavy (non-hydrogen) atoms. The van der Waals surface area contributed by atoms with Gasteiger partial charge in [-0.25, -0.2) is 0 Å². The van der Waals surface area contributed by atoms with Crippen molar-refractivity contribution in [1.82, 2.24) is 0 Å². The highest BCUT2D eigenvalue weighted by Gasteiger charge is 2.44. The van der Waals surface area contributed by atoms with Crippen LogP contribution in [0, 0.1) is 11.8 Å². The molecule has 0 saturated heterocycles. The van der Waals surface area contributed by atoms with Gasteiger partial charge in [0.05, 0.1) is 0 Å². The Kier molecular flexibility index (Phi) is 2.49. The molecule has 1 heteroatoms. The van der Waals surface area contributed by atoms with Crippen LogP contribution in [0.4, 0.5) is 0 Å². The van der Waals surface area contributed by atoms with Crippen LogP contribution < -0.4 is 0 Å². The summed E-state index contributed by atoms with van der Waals surface area (Å²) in [6.07, 6.45) is 3.62. The van der Waals surface area contributed by atoms with Crippen molar-refractivity contribution in [3.8, 4) is 0 Å². The van der Waals surface area contributed by atoms with Gasteiger partial charge in [0, 0.05) is 5.92 Å². The summed E-state index contributed by atoms with van der Waals surface area (Å²) in [5, 5.41) is 4.44. The number of hydrogen-bond donors (Lipinski definition) is 0. The normalized spacial score (nSPS) is 24.4. The average Bonchev–Trinajstić information content (AvgIpc) is 2.80. The van der Waals surface area contributed by atoms with Gasteiger partial charge in [-0.1, -0.05) is 48.9 Å². The Morgan fingerprint density at radius 2 is 1.95 bits per heavy atom. The summed E-state index contributed by atoms with van der Waals surface area (Å²) < 4.78 is 0. The van der Waals surface area contributed by atoms with E-state index in [9.17, 15) is 0 Å². The van der Waals surface area contributed by atoms with E-state index in [1.807, 2.05) is 0 Å². The molecule has 1 aromatic carbocycles. The van der Waals surface area contributed by atoms with E-state index in [0.29, 0.717) is 11.8 Å². The van der Waals surface area contributed by atoms with Gasteiger partial charge in [-0.3, -0.25) is 0 Å². The first-order valence-corrected chi connectivity index (χ1v) is 7.81. The monoisotopic (exact) mass is 264 g/mol. The molecule has 2 aliphatic carbocycles. The van der Waals surface area contributed by atoms with Crippen molar-refractivity contribution in [1.29, 1.82) is 0 Å². The van der Waals surface area contributed by atoms with E-state index in [0.717, 1.165) is 0 Å². The lowest BCUT2D eigenvalue weighted by atomic mass is 9.93. The molecule has 2 unspecified atom stereocenters. The summed E-state index contributed by atoms with van der Waals surface area (Å²) in [7, 11) is 0. The summed E-state index contributed by atoms with van der Waals surface area (Å²) in [5.74, 6) is 1.34. The predicted molar refractivity (Wildman–Crippen MR) is 82.1 cm³/mol. The zero-order chi connectivity index (χ0) is 12.8. The molecule has 0 aliphatic heterocycles. The summed E-state index contributed by atoms with van der Waals surface area (Å²) in [6, 6.07) is 13.1. The van der Waals surface area contributed by atoms with E-state index in [-0.39, 0.29) is 0 Å². The van der Waals surface area contributed by atoms with Crippen molar-refractivity contribution < 1.29 is 0 Å². The van der Waals surface area contributed by atoms with Crippen LogP contribution in [0.3, 0.4) is 0 Å². The van der Waals surface area contributed by atoms with E-state index in [1.54, 1.807) is 22.5 Å². The highest BCUT2D eigenvalue weighted by molar-refractivity contribution is 7.08. The third kappa shape index (κ3) is 1.81. The summed E-state index contributed by atoms with van der Waals surface area (Å²) in [5.41, 5.74) is 7.70. The SMILES string of the molecule is CC1C=C(c2ccsc2)C2=C1C2Cc1ccccc1. The lowest BCUT2D eigenvalue weighted by molar-refractivity contribution is 0.759. The van der Waals surface area contributed by atoms with Gasteiger partial charge in [-0.2, -0.15) is 11.3 Å². The Balaban J connectivity index is 1.57. The molecule has 94 valence electrons. The second-order valence-corrected chi connectivity index (χ2v) is 6.27. The predicted octanol–water partition coefficient (Wildman–Crippen LogP) is 4.95. The van der Waals surface area contributed by atoms with E-state index in [1.165, 1.54) is 23.1 Å². The van der Waals surface area contributed by atoms with E-state index >= 15 is 0 Å². The minimum Gasteiger partial charge on any atom is -0.152 e. The van der Waals surface area contributed by atoms with E-state index in [2.05, 4.69) is 60.2 Å². The van der Waals surface area contributed by atoms with Crippen LogP contribution in [-0.2, 0) is 6.42 Å². The molecule has 2 aliphatic rings. The van der Waals surface area contributed by atoms with Crippen LogP contribution >= 0.6 is 11.3 Å². The zero-order valence-electron chi connectivity index (χ0n) is 11.0. The lowest BCUT2D eigenvalue weighted by Crippen LogP contribution is -2.00. The Hall–Kier alpha value is -1.60. The largest absolute Gasteiger partial charge is 0.152 e. The molecule has 0 saturated carbocycles. The maximum Gasteiger partial charge on any atom is 0.0107 e. The number of hydrogen-bond acceptors (Lipinski definition) is 1. The highest BCUT2D eigenvalue weighted by atomic mass is 32.1. The van der Waals surface area contributed by atoms with Crippen molar-refractivity contribution in [2.75, 3.05) is 0 Å². The van der Waals surface area contributed by atoms with Gasteiger partial charge in [-0.15, -0.1) is 0 Å². The molecule has 1 aromatic heterocycles. The minimum atomic E-state index is 0.638. The van der Waals surface area contributed by atoms with Crippen LogP contribution in [-0.4, -0.2) is 0 Å². The van der Waals surface area contributed by atoms with E-state index < -0.39 is 0 Å². The zero-order valence-corrected chi connectivity index (χ0v) is 11.8. The fourth-order valence-corrected chi connectivity index (χ4v) is 4.01. The minimum absolute atomic E-state index is 0.638.